The largest absolute Gasteiger partial charge is 0.459 e. The van der Waals surface area contributed by atoms with Crippen molar-refractivity contribution in [2.45, 2.75) is 0 Å². The van der Waals surface area contributed by atoms with Gasteiger partial charge in [-0.1, -0.05) is 28.1 Å². The Balaban J connectivity index is 1.84. The van der Waals surface area contributed by atoms with E-state index in [9.17, 15) is 9.59 Å². The van der Waals surface area contributed by atoms with E-state index in [2.05, 4.69) is 31.2 Å². The summed E-state index contributed by atoms with van der Waals surface area (Å²) in [5.41, 5.74) is 2.16. The molecule has 0 saturated carbocycles. The molecule has 6 nitrogen and oxygen atoms in total. The van der Waals surface area contributed by atoms with Crippen molar-refractivity contribution in [3.63, 3.8) is 0 Å². The third-order valence-electron chi connectivity index (χ3n) is 3.83. The molecule has 0 atom stereocenters. The Morgan fingerprint density at radius 1 is 1.12 bits per heavy atom. The molecular formula is C19H12BrN3O3. The molecule has 4 aromatic rings. The third kappa shape index (κ3) is 3.04. The molecule has 0 aliphatic heterocycles. The van der Waals surface area contributed by atoms with E-state index in [0.29, 0.717) is 22.3 Å². The highest BCUT2D eigenvalue weighted by atomic mass is 79.9. The van der Waals surface area contributed by atoms with Crippen LogP contribution >= 0.6 is 15.9 Å². The van der Waals surface area contributed by atoms with Crippen LogP contribution in [0.2, 0.25) is 0 Å². The van der Waals surface area contributed by atoms with Crippen molar-refractivity contribution in [2.75, 3.05) is 5.32 Å². The minimum atomic E-state index is -0.407. The number of anilines is 1. The van der Waals surface area contributed by atoms with Crippen molar-refractivity contribution in [3.05, 3.63) is 81.4 Å². The zero-order valence-corrected chi connectivity index (χ0v) is 14.9. The lowest BCUT2D eigenvalue weighted by Crippen LogP contribution is -2.15. The fourth-order valence-electron chi connectivity index (χ4n) is 2.63. The molecule has 26 heavy (non-hydrogen) atoms. The van der Waals surface area contributed by atoms with Crippen LogP contribution in [0.1, 0.15) is 10.6 Å². The Kier molecular flexibility index (Phi) is 4.14. The van der Waals surface area contributed by atoms with Gasteiger partial charge in [0, 0.05) is 10.0 Å². The lowest BCUT2D eigenvalue weighted by Gasteiger charge is -2.11. The number of H-pyrrole nitrogens is 1. The minimum Gasteiger partial charge on any atom is -0.459 e. The predicted molar refractivity (Wildman–Crippen MR) is 102 cm³/mol. The van der Waals surface area contributed by atoms with Crippen LogP contribution < -0.4 is 10.9 Å². The van der Waals surface area contributed by atoms with Crippen LogP contribution in [0.4, 0.5) is 5.69 Å². The molecule has 128 valence electrons. The number of fused-ring (bicyclic) bond motifs is 1. The molecule has 2 aromatic carbocycles. The van der Waals surface area contributed by atoms with Gasteiger partial charge in [-0.25, -0.2) is 4.98 Å². The number of carbonyl (C=O) groups excluding carboxylic acids is 1. The van der Waals surface area contributed by atoms with E-state index in [4.69, 9.17) is 4.42 Å². The highest BCUT2D eigenvalue weighted by molar-refractivity contribution is 9.10. The Morgan fingerprint density at radius 3 is 2.77 bits per heavy atom. The summed E-state index contributed by atoms with van der Waals surface area (Å²) in [4.78, 5) is 32.2. The quantitative estimate of drug-likeness (QED) is 0.530. The summed E-state index contributed by atoms with van der Waals surface area (Å²) >= 11 is 3.40. The molecule has 0 spiro atoms. The van der Waals surface area contributed by atoms with Crippen LogP contribution in [0.25, 0.3) is 22.3 Å². The lowest BCUT2D eigenvalue weighted by atomic mass is 10.1. The topological polar surface area (TPSA) is 88.0 Å². The SMILES string of the molecule is O=C(Nc1ccc(Br)cc1-c1nc2ccccc2[nH]c1=O)c1ccco1. The normalized spacial score (nSPS) is 10.8. The molecule has 0 aliphatic rings. The number of carbonyl (C=O) groups is 1. The number of hydrogen-bond acceptors (Lipinski definition) is 4. The smallest absolute Gasteiger partial charge is 0.291 e. The van der Waals surface area contributed by atoms with Crippen LogP contribution in [-0.4, -0.2) is 15.9 Å². The van der Waals surface area contributed by atoms with Crippen LogP contribution in [0, 0.1) is 0 Å². The maximum Gasteiger partial charge on any atom is 0.291 e. The zero-order valence-electron chi connectivity index (χ0n) is 13.3. The molecule has 0 unspecified atom stereocenters. The summed E-state index contributed by atoms with van der Waals surface area (Å²) in [7, 11) is 0. The van der Waals surface area contributed by atoms with E-state index in [-0.39, 0.29) is 17.0 Å². The second kappa shape index (κ2) is 6.61. The molecule has 2 N–H and O–H groups in total. The fourth-order valence-corrected chi connectivity index (χ4v) is 2.99. The van der Waals surface area contributed by atoms with Gasteiger partial charge in [-0.3, -0.25) is 9.59 Å². The van der Waals surface area contributed by atoms with Gasteiger partial charge in [-0.2, -0.15) is 0 Å². The molecular weight excluding hydrogens is 398 g/mol. The number of para-hydroxylation sites is 2. The van der Waals surface area contributed by atoms with E-state index >= 15 is 0 Å². The van der Waals surface area contributed by atoms with Gasteiger partial charge in [-0.05, 0) is 42.5 Å². The third-order valence-corrected chi connectivity index (χ3v) is 4.32. The van der Waals surface area contributed by atoms with Gasteiger partial charge >= 0.3 is 0 Å². The van der Waals surface area contributed by atoms with E-state index < -0.39 is 5.91 Å². The van der Waals surface area contributed by atoms with Gasteiger partial charge in [-0.15, -0.1) is 0 Å². The number of benzene rings is 2. The van der Waals surface area contributed by atoms with Crippen LogP contribution in [0.5, 0.6) is 0 Å². The Morgan fingerprint density at radius 2 is 1.96 bits per heavy atom. The van der Waals surface area contributed by atoms with Gasteiger partial charge in [0.15, 0.2) is 5.76 Å². The average molecular weight is 410 g/mol. The molecule has 0 bridgehead atoms. The van der Waals surface area contributed by atoms with E-state index in [1.54, 1.807) is 36.4 Å². The fraction of sp³-hybridized carbons (Fsp3) is 0. The van der Waals surface area contributed by atoms with Gasteiger partial charge in [0.05, 0.1) is 23.0 Å². The number of rotatable bonds is 3. The standard InChI is InChI=1S/C19H12BrN3O3/c20-11-7-8-13(22-18(24)16-6-3-9-26-16)12(10-11)17-19(25)23-15-5-2-1-4-14(15)21-17/h1-10H,(H,22,24)(H,23,25). The number of furan rings is 1. The maximum atomic E-state index is 12.5. The molecule has 2 heterocycles. The zero-order chi connectivity index (χ0) is 18.1. The summed E-state index contributed by atoms with van der Waals surface area (Å²) in [5, 5.41) is 2.77. The molecule has 7 heteroatoms. The molecule has 0 radical (unpaired) electrons. The number of aromatic nitrogens is 2. The van der Waals surface area contributed by atoms with Gasteiger partial charge in [0.2, 0.25) is 0 Å². The van der Waals surface area contributed by atoms with Crippen molar-refractivity contribution in [3.8, 4) is 11.3 Å². The molecule has 2 aromatic heterocycles. The van der Waals surface area contributed by atoms with Crippen LogP contribution in [-0.2, 0) is 0 Å². The molecule has 0 aliphatic carbocycles. The predicted octanol–water partition coefficient (Wildman–Crippen LogP) is 4.20. The number of halogens is 1. The number of amides is 1. The monoisotopic (exact) mass is 409 g/mol. The number of hydrogen-bond donors (Lipinski definition) is 2. The second-order valence-electron chi connectivity index (χ2n) is 5.55. The van der Waals surface area contributed by atoms with Crippen molar-refractivity contribution >= 4 is 38.6 Å². The summed E-state index contributed by atoms with van der Waals surface area (Å²) in [6, 6.07) is 15.7. The summed E-state index contributed by atoms with van der Waals surface area (Å²) < 4.78 is 5.88. The summed E-state index contributed by atoms with van der Waals surface area (Å²) in [6.07, 6.45) is 1.42. The average Bonchev–Trinajstić information content (AvgIpc) is 3.17. The Bertz CT molecular complexity index is 1170. The summed E-state index contributed by atoms with van der Waals surface area (Å²) in [5.74, 6) is -0.227. The molecule has 0 saturated heterocycles. The lowest BCUT2D eigenvalue weighted by molar-refractivity contribution is 0.0996. The first-order chi connectivity index (χ1) is 12.6. The van der Waals surface area contributed by atoms with Crippen molar-refractivity contribution in [1.82, 2.24) is 9.97 Å². The van der Waals surface area contributed by atoms with Crippen molar-refractivity contribution < 1.29 is 9.21 Å². The highest BCUT2D eigenvalue weighted by Gasteiger charge is 2.16. The van der Waals surface area contributed by atoms with Crippen molar-refractivity contribution in [1.29, 1.82) is 0 Å². The van der Waals surface area contributed by atoms with Gasteiger partial charge in [0.1, 0.15) is 5.69 Å². The number of nitrogens with zero attached hydrogens (tertiary/aromatic N) is 1. The second-order valence-corrected chi connectivity index (χ2v) is 6.47. The van der Waals surface area contributed by atoms with E-state index in [1.165, 1.54) is 6.26 Å². The molecule has 0 fully saturated rings. The van der Waals surface area contributed by atoms with E-state index in [1.807, 2.05) is 18.2 Å². The first-order valence-corrected chi connectivity index (χ1v) is 8.55. The van der Waals surface area contributed by atoms with E-state index in [0.717, 1.165) is 4.47 Å². The number of nitrogens with one attached hydrogen (secondary N) is 2. The first kappa shape index (κ1) is 16.3. The summed E-state index contributed by atoms with van der Waals surface area (Å²) in [6.45, 7) is 0. The maximum absolute atomic E-state index is 12.5. The van der Waals surface area contributed by atoms with Crippen LogP contribution in [0.15, 0.2) is 74.5 Å². The minimum absolute atomic E-state index is 0.180. The van der Waals surface area contributed by atoms with Gasteiger partial charge < -0.3 is 14.7 Å². The van der Waals surface area contributed by atoms with Crippen LogP contribution in [0.3, 0.4) is 0 Å². The Hall–Kier alpha value is -3.19. The number of aromatic amines is 1. The first-order valence-electron chi connectivity index (χ1n) is 7.75. The molecule has 4 rings (SSSR count). The highest BCUT2D eigenvalue weighted by Crippen LogP contribution is 2.29. The Labute approximate surface area is 156 Å². The van der Waals surface area contributed by atoms with Gasteiger partial charge in [0.25, 0.3) is 11.5 Å². The molecule has 1 amide bonds. The van der Waals surface area contributed by atoms with Crippen molar-refractivity contribution in [2.24, 2.45) is 0 Å².